The summed E-state index contributed by atoms with van der Waals surface area (Å²) < 4.78 is 23.0. The van der Waals surface area contributed by atoms with Gasteiger partial charge in [-0.15, -0.1) is 0 Å². The van der Waals surface area contributed by atoms with E-state index in [0.717, 1.165) is 40.9 Å². The Kier molecular flexibility index (Phi) is 9.45. The number of ether oxygens (including phenoxy) is 4. The summed E-state index contributed by atoms with van der Waals surface area (Å²) in [6.45, 7) is 13.3. The monoisotopic (exact) mass is 658 g/mol. The summed E-state index contributed by atoms with van der Waals surface area (Å²) in [6.07, 6.45) is 3.16. The summed E-state index contributed by atoms with van der Waals surface area (Å²) >= 11 is 0. The summed E-state index contributed by atoms with van der Waals surface area (Å²) in [5.74, 6) is 1.15. The minimum Gasteiger partial charge on any atom is -0.493 e. The normalized spacial score (nSPS) is 21.3. The highest BCUT2D eigenvalue weighted by atomic mass is 16.6. The number of unbranched alkanes of at least 4 members (excludes halogenated alkanes) is 2. The molecule has 3 amide bonds. The molecule has 4 aliphatic rings. The molecule has 4 heterocycles. The van der Waals surface area contributed by atoms with Crippen molar-refractivity contribution in [3.63, 3.8) is 0 Å². The van der Waals surface area contributed by atoms with Crippen molar-refractivity contribution in [1.82, 2.24) is 9.80 Å². The molecular formula is C36H42N4O8. The van der Waals surface area contributed by atoms with Crippen molar-refractivity contribution >= 4 is 35.5 Å². The Bertz CT molecular complexity index is 1690. The first-order valence-corrected chi connectivity index (χ1v) is 16.4. The van der Waals surface area contributed by atoms with Gasteiger partial charge in [-0.3, -0.25) is 14.6 Å². The van der Waals surface area contributed by atoms with Crippen molar-refractivity contribution in [3.8, 4) is 17.2 Å². The van der Waals surface area contributed by atoms with Crippen molar-refractivity contribution in [1.29, 1.82) is 0 Å². The SMILES string of the molecule is C=C1C[C@H]2C=Nc3cc(OCCCCCOc4cc5c(cc4C)C(=O)N4CC(=C)C[C@H]4[C@H](O)N5C(=O)OCC)c(OC)cc3C(=O)N2C1. The van der Waals surface area contributed by atoms with Crippen molar-refractivity contribution in [2.45, 2.75) is 64.3 Å². The molecule has 48 heavy (non-hydrogen) atoms. The number of aliphatic hydroxyl groups excluding tert-OH is 1. The van der Waals surface area contributed by atoms with Crippen LogP contribution in [0.4, 0.5) is 16.2 Å². The number of anilines is 1. The molecule has 3 atom stereocenters. The Labute approximate surface area is 280 Å². The van der Waals surface area contributed by atoms with E-state index in [0.29, 0.717) is 73.2 Å². The topological polar surface area (TPSA) is 130 Å². The molecule has 2 aromatic carbocycles. The van der Waals surface area contributed by atoms with Crippen LogP contribution in [0, 0.1) is 6.92 Å². The number of fused-ring (bicyclic) bond motifs is 4. The van der Waals surface area contributed by atoms with Gasteiger partial charge in [0.05, 0.1) is 61.5 Å². The third-order valence-corrected chi connectivity index (χ3v) is 9.16. The minimum absolute atomic E-state index is 0.0891. The molecule has 0 unspecified atom stereocenters. The highest BCUT2D eigenvalue weighted by molar-refractivity contribution is 6.06. The average molecular weight is 659 g/mol. The van der Waals surface area contributed by atoms with E-state index in [1.54, 1.807) is 54.3 Å². The van der Waals surface area contributed by atoms with Crippen LogP contribution in [-0.2, 0) is 4.74 Å². The lowest BCUT2D eigenvalue weighted by Gasteiger charge is -2.31. The standard InChI is InChI=1S/C36H42N4O8/c1-6-46-36(44)40-28-17-30(23(4)14-26(28)34(42)39-20-22(3)13-29(39)35(40)43)47-10-8-7-9-11-48-32-16-27-25(15-31(32)45-5)33(41)38-19-21(2)12-24(38)18-37-27/h14-18,24,29,35,43H,2-3,6-13,19-20H2,1,4-5H3/t24-,29-,35-/m0/s1. The Balaban J connectivity index is 1.07. The number of benzene rings is 2. The molecule has 0 aliphatic carbocycles. The zero-order valence-corrected chi connectivity index (χ0v) is 27.7. The Hall–Kier alpha value is -4.84. The maximum absolute atomic E-state index is 13.6. The van der Waals surface area contributed by atoms with Crippen LogP contribution in [0.1, 0.15) is 65.3 Å². The summed E-state index contributed by atoms with van der Waals surface area (Å²) in [7, 11) is 1.55. The van der Waals surface area contributed by atoms with E-state index >= 15 is 0 Å². The number of amides is 3. The molecule has 0 spiro atoms. The third kappa shape index (κ3) is 6.24. The smallest absolute Gasteiger partial charge is 0.416 e. The lowest BCUT2D eigenvalue weighted by atomic mass is 10.1. The number of hydrogen-bond donors (Lipinski definition) is 1. The van der Waals surface area contributed by atoms with Crippen molar-refractivity contribution in [2.75, 3.05) is 44.9 Å². The van der Waals surface area contributed by atoms with Crippen LogP contribution in [0.2, 0.25) is 0 Å². The molecule has 2 aromatic rings. The molecule has 2 fully saturated rings. The van der Waals surface area contributed by atoms with Gasteiger partial charge in [0.25, 0.3) is 11.8 Å². The lowest BCUT2D eigenvalue weighted by Crippen LogP contribution is -2.50. The lowest BCUT2D eigenvalue weighted by molar-refractivity contribution is 0.0493. The summed E-state index contributed by atoms with van der Waals surface area (Å²) in [4.78, 5) is 48.9. The molecule has 12 heteroatoms. The highest BCUT2D eigenvalue weighted by Crippen LogP contribution is 2.40. The molecule has 0 aromatic heterocycles. The fraction of sp³-hybridized carbons (Fsp3) is 0.444. The summed E-state index contributed by atoms with van der Waals surface area (Å²) in [5, 5.41) is 11.3. The molecular weight excluding hydrogens is 616 g/mol. The molecule has 0 radical (unpaired) electrons. The first-order valence-electron chi connectivity index (χ1n) is 16.4. The number of carbonyl (C=O) groups excluding carboxylic acids is 3. The number of carbonyl (C=O) groups is 3. The molecule has 0 saturated carbocycles. The highest BCUT2D eigenvalue weighted by Gasteiger charge is 2.46. The van der Waals surface area contributed by atoms with E-state index < -0.39 is 18.4 Å². The molecule has 12 nitrogen and oxygen atoms in total. The molecule has 4 aliphatic heterocycles. The van der Waals surface area contributed by atoms with E-state index in [2.05, 4.69) is 18.2 Å². The predicted octanol–water partition coefficient (Wildman–Crippen LogP) is 5.18. The number of methoxy groups -OCH3 is 1. The van der Waals surface area contributed by atoms with Gasteiger partial charge >= 0.3 is 6.09 Å². The zero-order valence-electron chi connectivity index (χ0n) is 27.7. The van der Waals surface area contributed by atoms with E-state index in [9.17, 15) is 19.5 Å². The van der Waals surface area contributed by atoms with Crippen LogP contribution in [0.3, 0.4) is 0 Å². The van der Waals surface area contributed by atoms with Gasteiger partial charge in [-0.2, -0.15) is 0 Å². The molecule has 6 rings (SSSR count). The zero-order chi connectivity index (χ0) is 34.1. The van der Waals surface area contributed by atoms with E-state index in [1.165, 1.54) is 0 Å². The van der Waals surface area contributed by atoms with Gasteiger partial charge in [-0.05, 0) is 63.6 Å². The van der Waals surface area contributed by atoms with Gasteiger partial charge in [0.15, 0.2) is 17.7 Å². The fourth-order valence-electron chi connectivity index (χ4n) is 6.74. The van der Waals surface area contributed by atoms with E-state index in [4.69, 9.17) is 18.9 Å². The second-order valence-electron chi connectivity index (χ2n) is 12.6. The van der Waals surface area contributed by atoms with E-state index in [-0.39, 0.29) is 30.2 Å². The molecule has 254 valence electrons. The maximum Gasteiger partial charge on any atom is 0.416 e. The largest absolute Gasteiger partial charge is 0.493 e. The van der Waals surface area contributed by atoms with Gasteiger partial charge in [0.1, 0.15) is 5.75 Å². The Morgan fingerprint density at radius 2 is 1.60 bits per heavy atom. The van der Waals surface area contributed by atoms with Crippen molar-refractivity contribution in [2.24, 2.45) is 4.99 Å². The number of hydrogen-bond acceptors (Lipinski definition) is 9. The molecule has 1 N–H and O–H groups in total. The average Bonchev–Trinajstić information content (AvgIpc) is 3.60. The summed E-state index contributed by atoms with van der Waals surface area (Å²) in [5.41, 5.74) is 4.16. The second-order valence-corrected chi connectivity index (χ2v) is 12.6. The van der Waals surface area contributed by atoms with Gasteiger partial charge in [0.2, 0.25) is 0 Å². The van der Waals surface area contributed by atoms with Gasteiger partial charge in [0, 0.05) is 31.4 Å². The number of rotatable bonds is 10. The second kappa shape index (κ2) is 13.7. The predicted molar refractivity (Wildman–Crippen MR) is 180 cm³/mol. The molecule has 2 saturated heterocycles. The summed E-state index contributed by atoms with van der Waals surface area (Å²) in [6, 6.07) is 6.09. The van der Waals surface area contributed by atoms with Gasteiger partial charge < -0.3 is 33.9 Å². The number of aliphatic hydroxyl groups is 1. The maximum atomic E-state index is 13.6. The van der Waals surface area contributed by atoms with Gasteiger partial charge in [-0.25, -0.2) is 9.69 Å². The van der Waals surface area contributed by atoms with Crippen LogP contribution < -0.4 is 19.1 Å². The first-order chi connectivity index (χ1) is 23.1. The van der Waals surface area contributed by atoms with Crippen molar-refractivity contribution in [3.05, 3.63) is 65.3 Å². The van der Waals surface area contributed by atoms with Crippen LogP contribution >= 0.6 is 0 Å². The van der Waals surface area contributed by atoms with Crippen molar-refractivity contribution < 1.29 is 38.4 Å². The van der Waals surface area contributed by atoms with Crippen LogP contribution in [0.25, 0.3) is 0 Å². The Morgan fingerprint density at radius 3 is 2.33 bits per heavy atom. The number of nitrogens with zero attached hydrogens (tertiary/aromatic N) is 4. The van der Waals surface area contributed by atoms with Crippen LogP contribution in [0.5, 0.6) is 17.2 Å². The third-order valence-electron chi connectivity index (χ3n) is 9.16. The van der Waals surface area contributed by atoms with Crippen LogP contribution in [-0.4, -0.2) is 97.4 Å². The van der Waals surface area contributed by atoms with Gasteiger partial charge in [-0.1, -0.05) is 24.3 Å². The number of aryl methyl sites for hydroxylation is 1. The van der Waals surface area contributed by atoms with Crippen LogP contribution in [0.15, 0.2) is 53.6 Å². The fourth-order valence-corrected chi connectivity index (χ4v) is 6.74. The quantitative estimate of drug-likeness (QED) is 0.273. The van der Waals surface area contributed by atoms with E-state index in [1.807, 2.05) is 6.92 Å². The number of aliphatic imine (C=N–C) groups is 1. The minimum atomic E-state index is -1.30. The molecule has 0 bridgehead atoms. The Morgan fingerprint density at radius 1 is 0.917 bits per heavy atom. The first kappa shape index (κ1) is 33.1.